The highest BCUT2D eigenvalue weighted by Gasteiger charge is 2.27. The number of carboxylic acid groups (broad SMARTS) is 1. The van der Waals surface area contributed by atoms with Crippen LogP contribution in [-0.4, -0.2) is 27.2 Å². The van der Waals surface area contributed by atoms with Gasteiger partial charge in [-0.05, 0) is 13.0 Å². The summed E-state index contributed by atoms with van der Waals surface area (Å²) in [4.78, 5) is 15.4. The number of carbonyl (C=O) groups is 1. The highest BCUT2D eigenvalue weighted by Crippen LogP contribution is 2.35. The molecule has 0 spiro atoms. The summed E-state index contributed by atoms with van der Waals surface area (Å²) < 4.78 is 7.39. The summed E-state index contributed by atoms with van der Waals surface area (Å²) in [5, 5.41) is 9.27. The predicted octanol–water partition coefficient (Wildman–Crippen LogP) is 2.26. The second-order valence-corrected chi connectivity index (χ2v) is 4.56. The van der Waals surface area contributed by atoms with Gasteiger partial charge < -0.3 is 14.4 Å². The molecule has 0 aliphatic carbocycles. The van der Waals surface area contributed by atoms with E-state index in [1.54, 1.807) is 4.57 Å². The Kier molecular flexibility index (Phi) is 2.74. The van der Waals surface area contributed by atoms with E-state index in [1.165, 1.54) is 6.20 Å². The van der Waals surface area contributed by atoms with Crippen LogP contribution < -0.4 is 4.74 Å². The molecule has 1 aromatic heterocycles. The van der Waals surface area contributed by atoms with Crippen molar-refractivity contribution < 1.29 is 14.6 Å². The van der Waals surface area contributed by atoms with Crippen LogP contribution in [0.15, 0.2) is 30.5 Å². The maximum atomic E-state index is 11.3. The highest BCUT2D eigenvalue weighted by atomic mass is 16.5. The van der Waals surface area contributed by atoms with Crippen molar-refractivity contribution in [3.05, 3.63) is 47.5 Å². The van der Waals surface area contributed by atoms with Gasteiger partial charge in [-0.3, -0.25) is 0 Å². The third kappa shape index (κ3) is 1.87. The number of hydrogen-bond donors (Lipinski definition) is 1. The summed E-state index contributed by atoms with van der Waals surface area (Å²) in [6.45, 7) is 2.41. The van der Waals surface area contributed by atoms with Crippen LogP contribution in [-0.2, 0) is 0 Å². The number of benzene rings is 1. The summed E-state index contributed by atoms with van der Waals surface area (Å²) >= 11 is 0. The first-order valence-electron chi connectivity index (χ1n) is 6.17. The van der Waals surface area contributed by atoms with E-state index in [0.29, 0.717) is 12.4 Å². The second-order valence-electron chi connectivity index (χ2n) is 4.56. The number of rotatable bonds is 2. The van der Waals surface area contributed by atoms with Crippen LogP contribution in [0.5, 0.6) is 5.75 Å². The molecule has 5 nitrogen and oxygen atoms in total. The van der Waals surface area contributed by atoms with Crippen molar-refractivity contribution in [2.24, 2.45) is 0 Å². The van der Waals surface area contributed by atoms with Gasteiger partial charge in [-0.2, -0.15) is 0 Å². The molecule has 1 aliphatic rings. The molecular weight excluding hydrogens is 244 g/mol. The van der Waals surface area contributed by atoms with E-state index < -0.39 is 5.97 Å². The Hall–Kier alpha value is -2.30. The lowest BCUT2D eigenvalue weighted by molar-refractivity contribution is 0.0681. The van der Waals surface area contributed by atoms with Gasteiger partial charge in [-0.1, -0.05) is 18.2 Å². The maximum absolute atomic E-state index is 11.3. The van der Waals surface area contributed by atoms with Crippen molar-refractivity contribution in [1.82, 2.24) is 9.55 Å². The van der Waals surface area contributed by atoms with E-state index in [4.69, 9.17) is 4.74 Å². The molecule has 5 heteroatoms. The fourth-order valence-corrected chi connectivity index (χ4v) is 2.60. The number of aryl methyl sites for hydroxylation is 1. The molecule has 1 aliphatic heterocycles. The molecule has 2 aromatic rings. The topological polar surface area (TPSA) is 64.3 Å². The Morgan fingerprint density at radius 1 is 1.47 bits per heavy atom. The van der Waals surface area contributed by atoms with E-state index in [2.05, 4.69) is 4.98 Å². The zero-order valence-corrected chi connectivity index (χ0v) is 10.5. The lowest BCUT2D eigenvalue weighted by Crippen LogP contribution is -2.23. The number of hydrogen-bond acceptors (Lipinski definition) is 3. The first-order chi connectivity index (χ1) is 9.18. The average molecular weight is 258 g/mol. The monoisotopic (exact) mass is 258 g/mol. The fraction of sp³-hybridized carbons (Fsp3) is 0.286. The first-order valence-corrected chi connectivity index (χ1v) is 6.17. The number of nitrogens with zero attached hydrogens (tertiary/aromatic N) is 2. The van der Waals surface area contributed by atoms with E-state index in [1.807, 2.05) is 31.2 Å². The van der Waals surface area contributed by atoms with Gasteiger partial charge in [0.05, 0.1) is 18.8 Å². The molecule has 1 unspecified atom stereocenters. The Labute approximate surface area is 110 Å². The van der Waals surface area contributed by atoms with E-state index >= 15 is 0 Å². The molecule has 0 amide bonds. The summed E-state index contributed by atoms with van der Waals surface area (Å²) in [6, 6.07) is 7.71. The fourth-order valence-electron chi connectivity index (χ4n) is 2.60. The third-order valence-corrected chi connectivity index (χ3v) is 3.44. The van der Waals surface area contributed by atoms with E-state index in [-0.39, 0.29) is 11.7 Å². The summed E-state index contributed by atoms with van der Waals surface area (Å²) in [7, 11) is 0. The number of ether oxygens (including phenoxy) is 1. The predicted molar refractivity (Wildman–Crippen MR) is 68.6 cm³/mol. The van der Waals surface area contributed by atoms with Gasteiger partial charge in [0, 0.05) is 12.0 Å². The molecule has 0 saturated carbocycles. The number of aromatic carboxylic acids is 1. The number of aromatic nitrogens is 2. The number of fused-ring (bicyclic) bond motifs is 1. The molecule has 0 saturated heterocycles. The Bertz CT molecular complexity index is 633. The first kappa shape index (κ1) is 11.8. The largest absolute Gasteiger partial charge is 0.493 e. The minimum Gasteiger partial charge on any atom is -0.493 e. The zero-order chi connectivity index (χ0) is 13.4. The normalized spacial score (nSPS) is 17.6. The van der Waals surface area contributed by atoms with Crippen LogP contribution in [0.4, 0.5) is 0 Å². The van der Waals surface area contributed by atoms with Crippen molar-refractivity contribution in [2.75, 3.05) is 6.61 Å². The van der Waals surface area contributed by atoms with E-state index in [9.17, 15) is 9.90 Å². The lowest BCUT2D eigenvalue weighted by atomic mass is 10.00. The van der Waals surface area contributed by atoms with Crippen molar-refractivity contribution in [2.45, 2.75) is 19.4 Å². The van der Waals surface area contributed by atoms with Gasteiger partial charge in [-0.25, -0.2) is 9.78 Å². The standard InChI is InChI=1S/C14H14N2O3/c1-9-15-8-12(14(17)18)16(9)11-6-7-19-13-5-3-2-4-10(11)13/h2-5,8,11H,6-7H2,1H3,(H,17,18). The number of imidazole rings is 1. The van der Waals surface area contributed by atoms with Crippen LogP contribution in [0.1, 0.15) is 34.3 Å². The molecule has 0 fully saturated rings. The van der Waals surface area contributed by atoms with Gasteiger partial charge in [0.15, 0.2) is 0 Å². The van der Waals surface area contributed by atoms with Gasteiger partial charge in [0.1, 0.15) is 17.3 Å². The van der Waals surface area contributed by atoms with Gasteiger partial charge in [0.25, 0.3) is 0 Å². The minimum absolute atomic E-state index is 0.0291. The van der Waals surface area contributed by atoms with Crippen LogP contribution in [0.3, 0.4) is 0 Å². The molecule has 98 valence electrons. The highest BCUT2D eigenvalue weighted by molar-refractivity contribution is 5.85. The molecule has 1 N–H and O–H groups in total. The number of para-hydroxylation sites is 1. The average Bonchev–Trinajstić information content (AvgIpc) is 2.80. The van der Waals surface area contributed by atoms with Crippen molar-refractivity contribution >= 4 is 5.97 Å². The van der Waals surface area contributed by atoms with Gasteiger partial charge >= 0.3 is 5.97 Å². The number of carboxylic acids is 1. The van der Waals surface area contributed by atoms with Crippen molar-refractivity contribution in [3.8, 4) is 5.75 Å². The van der Waals surface area contributed by atoms with Crippen LogP contribution in [0, 0.1) is 6.92 Å². The smallest absolute Gasteiger partial charge is 0.354 e. The van der Waals surface area contributed by atoms with E-state index in [0.717, 1.165) is 17.7 Å². The molecule has 3 rings (SSSR count). The third-order valence-electron chi connectivity index (χ3n) is 3.44. The minimum atomic E-state index is -0.954. The van der Waals surface area contributed by atoms with Crippen molar-refractivity contribution in [3.63, 3.8) is 0 Å². The molecule has 1 aromatic carbocycles. The van der Waals surface area contributed by atoms with Gasteiger partial charge in [0.2, 0.25) is 0 Å². The molecule has 1 atom stereocenters. The van der Waals surface area contributed by atoms with Crippen molar-refractivity contribution in [1.29, 1.82) is 0 Å². The quantitative estimate of drug-likeness (QED) is 0.897. The molecule has 19 heavy (non-hydrogen) atoms. The summed E-state index contributed by atoms with van der Waals surface area (Å²) in [6.07, 6.45) is 2.16. The molecule has 0 radical (unpaired) electrons. The van der Waals surface area contributed by atoms with Crippen LogP contribution in [0.25, 0.3) is 0 Å². The van der Waals surface area contributed by atoms with Crippen LogP contribution >= 0.6 is 0 Å². The zero-order valence-electron chi connectivity index (χ0n) is 10.5. The molecule has 0 bridgehead atoms. The van der Waals surface area contributed by atoms with Crippen LogP contribution in [0.2, 0.25) is 0 Å². The molecule has 2 heterocycles. The summed E-state index contributed by atoms with van der Waals surface area (Å²) in [5.74, 6) is 0.576. The Morgan fingerprint density at radius 2 is 2.26 bits per heavy atom. The maximum Gasteiger partial charge on any atom is 0.354 e. The second kappa shape index (κ2) is 4.42. The Balaban J connectivity index is 2.14. The SMILES string of the molecule is Cc1ncc(C(=O)O)n1C1CCOc2ccccc21. The lowest BCUT2D eigenvalue weighted by Gasteiger charge is -2.28. The summed E-state index contributed by atoms with van der Waals surface area (Å²) in [5.41, 5.74) is 1.23. The van der Waals surface area contributed by atoms with Gasteiger partial charge in [-0.15, -0.1) is 0 Å². The Morgan fingerprint density at radius 3 is 3.05 bits per heavy atom. The molecular formula is C14H14N2O3.